The van der Waals surface area contributed by atoms with Gasteiger partial charge >= 0.3 is 0 Å². The molecule has 156 valence electrons. The van der Waals surface area contributed by atoms with Crippen LogP contribution in [-0.4, -0.2) is 37.2 Å². The van der Waals surface area contributed by atoms with Crippen LogP contribution in [0.4, 0.5) is 27.5 Å². The third kappa shape index (κ3) is 4.32. The maximum absolute atomic E-state index is 14.3. The molecule has 3 rings (SSSR count). The minimum Gasteiger partial charge on any atom is -0.493 e. The highest BCUT2D eigenvalue weighted by Crippen LogP contribution is 2.40. The van der Waals surface area contributed by atoms with Crippen LogP contribution < -0.4 is 30.6 Å². The maximum atomic E-state index is 14.3. The van der Waals surface area contributed by atoms with Gasteiger partial charge in [-0.1, -0.05) is 12.1 Å². The number of aromatic nitrogens is 2. The lowest BCUT2D eigenvalue weighted by atomic mass is 10.1. The Balaban J connectivity index is 1.92. The van der Waals surface area contributed by atoms with Gasteiger partial charge in [0.15, 0.2) is 23.1 Å². The molecule has 10 heteroatoms. The molecule has 2 aromatic carbocycles. The SMILES string of the molecule is COc1cc(Nc2ncc(F)c(Nc3ccccc3C(N)=O)n2)cc(OC)c1OC. The summed E-state index contributed by atoms with van der Waals surface area (Å²) in [6.07, 6.45) is 1.00. The molecule has 0 bridgehead atoms. The Kier molecular flexibility index (Phi) is 6.16. The topological polar surface area (TPSA) is 121 Å². The number of ether oxygens (including phenoxy) is 3. The number of methoxy groups -OCH3 is 3. The molecule has 0 unspecified atom stereocenters. The molecule has 0 radical (unpaired) electrons. The number of para-hydroxylation sites is 1. The van der Waals surface area contributed by atoms with Gasteiger partial charge in [-0.2, -0.15) is 4.98 Å². The average molecular weight is 413 g/mol. The summed E-state index contributed by atoms with van der Waals surface area (Å²) in [4.78, 5) is 19.7. The van der Waals surface area contributed by atoms with Crippen LogP contribution in [0, 0.1) is 5.82 Å². The Hall–Kier alpha value is -4.08. The Labute approximate surface area is 172 Å². The molecule has 0 saturated heterocycles. The number of nitrogens with two attached hydrogens (primary N) is 1. The van der Waals surface area contributed by atoms with Crippen LogP contribution in [-0.2, 0) is 0 Å². The summed E-state index contributed by atoms with van der Waals surface area (Å²) >= 11 is 0. The summed E-state index contributed by atoms with van der Waals surface area (Å²) in [5.41, 5.74) is 6.42. The molecule has 0 aliphatic heterocycles. The average Bonchev–Trinajstić information content (AvgIpc) is 2.75. The van der Waals surface area contributed by atoms with Gasteiger partial charge in [-0.3, -0.25) is 4.79 Å². The molecule has 0 atom stereocenters. The number of carbonyl (C=O) groups excluding carboxylic acids is 1. The largest absolute Gasteiger partial charge is 0.493 e. The van der Waals surface area contributed by atoms with Gasteiger partial charge in [0.2, 0.25) is 11.7 Å². The molecule has 1 aromatic heterocycles. The van der Waals surface area contributed by atoms with E-state index in [2.05, 4.69) is 20.6 Å². The fraction of sp³-hybridized carbons (Fsp3) is 0.150. The van der Waals surface area contributed by atoms with Crippen molar-refractivity contribution in [3.05, 3.63) is 54.0 Å². The lowest BCUT2D eigenvalue weighted by Gasteiger charge is -2.15. The summed E-state index contributed by atoms with van der Waals surface area (Å²) < 4.78 is 30.2. The molecule has 1 heterocycles. The quantitative estimate of drug-likeness (QED) is 0.515. The smallest absolute Gasteiger partial charge is 0.250 e. The van der Waals surface area contributed by atoms with E-state index < -0.39 is 11.7 Å². The van der Waals surface area contributed by atoms with Crippen LogP contribution in [0.25, 0.3) is 0 Å². The second kappa shape index (κ2) is 8.95. The first-order chi connectivity index (χ1) is 14.5. The van der Waals surface area contributed by atoms with Crippen molar-refractivity contribution in [3.63, 3.8) is 0 Å². The van der Waals surface area contributed by atoms with Gasteiger partial charge in [-0.15, -0.1) is 0 Å². The molecule has 0 aliphatic carbocycles. The van der Waals surface area contributed by atoms with Crippen molar-refractivity contribution in [2.45, 2.75) is 0 Å². The normalized spacial score (nSPS) is 10.3. The standard InChI is InChI=1S/C20H20FN5O4/c1-28-15-8-11(9-16(29-2)17(15)30-3)24-20-23-10-13(21)19(26-20)25-14-7-5-4-6-12(14)18(22)27/h4-10H,1-3H3,(H2,22,27)(H2,23,24,25,26). The third-order valence-electron chi connectivity index (χ3n) is 4.11. The Morgan fingerprint density at radius 2 is 1.70 bits per heavy atom. The summed E-state index contributed by atoms with van der Waals surface area (Å²) in [5, 5.41) is 5.73. The van der Waals surface area contributed by atoms with E-state index in [9.17, 15) is 9.18 Å². The molecule has 4 N–H and O–H groups in total. The van der Waals surface area contributed by atoms with Crippen LogP contribution in [0.2, 0.25) is 0 Å². The highest BCUT2D eigenvalue weighted by Gasteiger charge is 2.15. The second-order valence-corrected chi connectivity index (χ2v) is 5.96. The van der Waals surface area contributed by atoms with E-state index in [0.717, 1.165) is 6.20 Å². The van der Waals surface area contributed by atoms with Crippen molar-refractivity contribution in [3.8, 4) is 17.2 Å². The van der Waals surface area contributed by atoms with Gasteiger partial charge in [0, 0.05) is 17.8 Å². The van der Waals surface area contributed by atoms with Gasteiger partial charge in [0.1, 0.15) is 0 Å². The van der Waals surface area contributed by atoms with E-state index >= 15 is 0 Å². The van der Waals surface area contributed by atoms with E-state index in [4.69, 9.17) is 19.9 Å². The van der Waals surface area contributed by atoms with E-state index in [-0.39, 0.29) is 17.3 Å². The van der Waals surface area contributed by atoms with Gasteiger partial charge in [0.25, 0.3) is 5.91 Å². The van der Waals surface area contributed by atoms with Crippen LogP contribution >= 0.6 is 0 Å². The fourth-order valence-corrected chi connectivity index (χ4v) is 2.73. The van der Waals surface area contributed by atoms with E-state index in [1.807, 2.05) is 0 Å². The zero-order valence-corrected chi connectivity index (χ0v) is 16.5. The molecule has 0 saturated carbocycles. The number of hydrogen-bond acceptors (Lipinski definition) is 8. The number of halogens is 1. The Morgan fingerprint density at radius 1 is 1.03 bits per heavy atom. The first-order valence-electron chi connectivity index (χ1n) is 8.72. The predicted molar refractivity (Wildman–Crippen MR) is 110 cm³/mol. The van der Waals surface area contributed by atoms with Crippen molar-refractivity contribution in [2.24, 2.45) is 5.73 Å². The first kappa shape index (κ1) is 20.6. The number of nitrogens with zero attached hydrogens (tertiary/aromatic N) is 2. The summed E-state index contributed by atoms with van der Waals surface area (Å²) in [7, 11) is 4.49. The Morgan fingerprint density at radius 3 is 2.30 bits per heavy atom. The Bertz CT molecular complexity index is 1050. The number of anilines is 4. The maximum Gasteiger partial charge on any atom is 0.250 e. The predicted octanol–water partition coefficient (Wildman–Crippen LogP) is 3.23. The first-order valence-corrected chi connectivity index (χ1v) is 8.72. The number of benzene rings is 2. The third-order valence-corrected chi connectivity index (χ3v) is 4.11. The minimum atomic E-state index is -0.704. The van der Waals surface area contributed by atoms with Crippen LogP contribution in [0.5, 0.6) is 17.2 Å². The number of amides is 1. The molecule has 3 aromatic rings. The van der Waals surface area contributed by atoms with E-state index in [1.54, 1.807) is 30.3 Å². The summed E-state index contributed by atoms with van der Waals surface area (Å²) in [6, 6.07) is 9.77. The van der Waals surface area contributed by atoms with Crippen molar-refractivity contribution in [1.82, 2.24) is 9.97 Å². The summed E-state index contributed by atoms with van der Waals surface area (Å²) in [5.74, 6) is -0.104. The molecule has 0 spiro atoms. The van der Waals surface area contributed by atoms with Gasteiger partial charge in [0.05, 0.1) is 38.8 Å². The monoisotopic (exact) mass is 413 g/mol. The summed E-state index contributed by atoms with van der Waals surface area (Å²) in [6.45, 7) is 0. The molecular formula is C20H20FN5O4. The number of nitrogens with one attached hydrogen (secondary N) is 2. The van der Waals surface area contributed by atoms with Crippen molar-refractivity contribution >= 4 is 29.0 Å². The molecule has 9 nitrogen and oxygen atoms in total. The highest BCUT2D eigenvalue weighted by atomic mass is 19.1. The number of carbonyl (C=O) groups is 1. The van der Waals surface area contributed by atoms with Gasteiger partial charge in [-0.05, 0) is 12.1 Å². The lowest BCUT2D eigenvalue weighted by molar-refractivity contribution is 0.100. The fourth-order valence-electron chi connectivity index (χ4n) is 2.73. The number of rotatable bonds is 8. The molecular weight excluding hydrogens is 393 g/mol. The highest BCUT2D eigenvalue weighted by molar-refractivity contribution is 5.99. The van der Waals surface area contributed by atoms with Gasteiger partial charge in [-0.25, -0.2) is 9.37 Å². The second-order valence-electron chi connectivity index (χ2n) is 5.96. The van der Waals surface area contributed by atoms with E-state index in [0.29, 0.717) is 28.6 Å². The minimum absolute atomic E-state index is 0.102. The molecule has 0 fully saturated rings. The van der Waals surface area contributed by atoms with E-state index in [1.165, 1.54) is 27.4 Å². The van der Waals surface area contributed by atoms with Crippen LogP contribution in [0.15, 0.2) is 42.6 Å². The molecule has 0 aliphatic rings. The molecule has 30 heavy (non-hydrogen) atoms. The van der Waals surface area contributed by atoms with Crippen molar-refractivity contribution in [1.29, 1.82) is 0 Å². The number of primary amides is 1. The molecule has 1 amide bonds. The number of hydrogen-bond donors (Lipinski definition) is 3. The van der Waals surface area contributed by atoms with Crippen molar-refractivity contribution in [2.75, 3.05) is 32.0 Å². The lowest BCUT2D eigenvalue weighted by Crippen LogP contribution is -2.13. The van der Waals surface area contributed by atoms with Crippen molar-refractivity contribution < 1.29 is 23.4 Å². The van der Waals surface area contributed by atoms with Gasteiger partial charge < -0.3 is 30.6 Å². The zero-order chi connectivity index (χ0) is 21.7. The van der Waals surface area contributed by atoms with Crippen LogP contribution in [0.3, 0.4) is 0 Å². The zero-order valence-electron chi connectivity index (χ0n) is 16.5. The van der Waals surface area contributed by atoms with Crippen LogP contribution in [0.1, 0.15) is 10.4 Å².